The van der Waals surface area contributed by atoms with Crippen molar-refractivity contribution >= 4 is 29.3 Å². The Bertz CT molecular complexity index is 1260. The van der Waals surface area contributed by atoms with Crippen LogP contribution in [0.25, 0.3) is 0 Å². The summed E-state index contributed by atoms with van der Waals surface area (Å²) in [5.41, 5.74) is 1.78. The lowest BCUT2D eigenvalue weighted by Crippen LogP contribution is -2.53. The molecule has 40 heavy (non-hydrogen) atoms. The van der Waals surface area contributed by atoms with Crippen molar-refractivity contribution in [2.45, 2.75) is 63.8 Å². The first-order valence-corrected chi connectivity index (χ1v) is 14.9. The maximum atomic E-state index is 13.8. The van der Waals surface area contributed by atoms with Crippen LogP contribution in [0.5, 0.6) is 0 Å². The van der Waals surface area contributed by atoms with Crippen LogP contribution in [-0.4, -0.2) is 83.6 Å². The van der Waals surface area contributed by atoms with Crippen LogP contribution in [0.15, 0.2) is 41.0 Å². The molecule has 1 aliphatic carbocycles. The summed E-state index contributed by atoms with van der Waals surface area (Å²) in [6.07, 6.45) is 10.5. The van der Waals surface area contributed by atoms with E-state index in [0.29, 0.717) is 49.6 Å². The normalized spacial score (nSPS) is 22.8. The van der Waals surface area contributed by atoms with Crippen LogP contribution >= 0.6 is 0 Å². The number of nitrogens with zero attached hydrogens (tertiary/aromatic N) is 4. The molecular formula is C31H38N4O5. The zero-order valence-electron chi connectivity index (χ0n) is 23.1. The lowest BCUT2D eigenvalue weighted by molar-refractivity contribution is -0.137. The Balaban J connectivity index is 1.13. The molecule has 212 valence electrons. The van der Waals surface area contributed by atoms with Gasteiger partial charge in [-0.3, -0.25) is 24.1 Å². The number of carbonyl (C=O) groups excluding carboxylic acids is 4. The molecule has 9 heteroatoms. The van der Waals surface area contributed by atoms with Crippen LogP contribution in [0.2, 0.25) is 0 Å². The minimum atomic E-state index is -0.189. The number of amides is 4. The molecule has 6 rings (SSSR count). The molecule has 0 spiro atoms. The third-order valence-electron chi connectivity index (χ3n) is 9.09. The van der Waals surface area contributed by atoms with E-state index >= 15 is 0 Å². The summed E-state index contributed by atoms with van der Waals surface area (Å²) in [5, 5.41) is 0. The molecule has 4 heterocycles. The number of anilines is 1. The third kappa shape index (κ3) is 5.02. The number of hydrogen-bond acceptors (Lipinski definition) is 6. The summed E-state index contributed by atoms with van der Waals surface area (Å²) in [6, 6.07) is 8.89. The largest absolute Gasteiger partial charge is 0.459 e. The number of fused-ring (bicyclic) bond motifs is 1. The summed E-state index contributed by atoms with van der Waals surface area (Å²) in [5.74, 6) is -0.261. The van der Waals surface area contributed by atoms with E-state index in [4.69, 9.17) is 4.42 Å². The zero-order valence-corrected chi connectivity index (χ0v) is 23.1. The fraction of sp³-hybridized carbons (Fsp3) is 0.548. The summed E-state index contributed by atoms with van der Waals surface area (Å²) in [6.45, 7) is 3.20. The van der Waals surface area contributed by atoms with E-state index in [0.717, 1.165) is 63.6 Å². The van der Waals surface area contributed by atoms with Gasteiger partial charge in [-0.2, -0.15) is 0 Å². The first-order chi connectivity index (χ1) is 19.5. The van der Waals surface area contributed by atoms with Gasteiger partial charge in [-0.25, -0.2) is 0 Å². The van der Waals surface area contributed by atoms with E-state index in [1.54, 1.807) is 23.1 Å². The van der Waals surface area contributed by atoms with Crippen LogP contribution in [0.1, 0.15) is 89.1 Å². The quantitative estimate of drug-likeness (QED) is 0.534. The van der Waals surface area contributed by atoms with E-state index in [2.05, 4.69) is 4.90 Å². The second-order valence-electron chi connectivity index (χ2n) is 11.6. The molecule has 0 N–H and O–H groups in total. The molecule has 9 nitrogen and oxygen atoms in total. The Kier molecular flexibility index (Phi) is 7.63. The van der Waals surface area contributed by atoms with Gasteiger partial charge in [-0.1, -0.05) is 38.2 Å². The SMILES string of the molecule is O=C(c1ccco1)N1CCN(C(=O)[C@@H]2CCCN(c3cccc4c3C(=O)N(C3CCCCCCC3)C4=O)C2)CC1. The van der Waals surface area contributed by atoms with Gasteiger partial charge >= 0.3 is 0 Å². The van der Waals surface area contributed by atoms with Crippen molar-refractivity contribution in [3.63, 3.8) is 0 Å². The second-order valence-corrected chi connectivity index (χ2v) is 11.6. The lowest BCUT2D eigenvalue weighted by atomic mass is 9.94. The summed E-state index contributed by atoms with van der Waals surface area (Å²) < 4.78 is 5.24. The Morgan fingerprint density at radius 3 is 2.20 bits per heavy atom. The highest BCUT2D eigenvalue weighted by Gasteiger charge is 2.43. The number of rotatable bonds is 4. The van der Waals surface area contributed by atoms with Gasteiger partial charge in [0.2, 0.25) is 5.91 Å². The van der Waals surface area contributed by atoms with Crippen molar-refractivity contribution in [3.8, 4) is 0 Å². The second kappa shape index (κ2) is 11.5. The fourth-order valence-corrected chi connectivity index (χ4v) is 6.92. The molecule has 0 radical (unpaired) electrons. The number of piperidine rings is 1. The molecule has 3 fully saturated rings. The number of furan rings is 1. The monoisotopic (exact) mass is 546 g/mol. The van der Waals surface area contributed by atoms with E-state index < -0.39 is 0 Å². The lowest BCUT2D eigenvalue weighted by Gasteiger charge is -2.39. The van der Waals surface area contributed by atoms with Crippen LogP contribution in [-0.2, 0) is 4.79 Å². The number of hydrogen-bond donors (Lipinski definition) is 0. The van der Waals surface area contributed by atoms with Gasteiger partial charge in [0.1, 0.15) is 0 Å². The Hall–Kier alpha value is -3.62. The van der Waals surface area contributed by atoms with Crippen molar-refractivity contribution in [2.24, 2.45) is 5.92 Å². The Labute approximate surface area is 235 Å². The molecule has 3 aliphatic heterocycles. The molecule has 0 bridgehead atoms. The first-order valence-electron chi connectivity index (χ1n) is 14.9. The fourth-order valence-electron chi connectivity index (χ4n) is 6.92. The van der Waals surface area contributed by atoms with Gasteiger partial charge in [-0.05, 0) is 49.9 Å². The summed E-state index contributed by atoms with van der Waals surface area (Å²) in [7, 11) is 0. The highest BCUT2D eigenvalue weighted by molar-refractivity contribution is 6.24. The van der Waals surface area contributed by atoms with E-state index in [9.17, 15) is 19.2 Å². The maximum absolute atomic E-state index is 13.8. The molecule has 1 aromatic heterocycles. The third-order valence-corrected chi connectivity index (χ3v) is 9.09. The van der Waals surface area contributed by atoms with Gasteiger partial charge in [-0.15, -0.1) is 0 Å². The summed E-state index contributed by atoms with van der Waals surface area (Å²) >= 11 is 0. The first kappa shape index (κ1) is 26.6. The van der Waals surface area contributed by atoms with Crippen molar-refractivity contribution < 1.29 is 23.6 Å². The van der Waals surface area contributed by atoms with Crippen LogP contribution < -0.4 is 4.90 Å². The smallest absolute Gasteiger partial charge is 0.289 e. The number of carbonyl (C=O) groups is 4. The van der Waals surface area contributed by atoms with Gasteiger partial charge < -0.3 is 19.1 Å². The minimum Gasteiger partial charge on any atom is -0.459 e. The van der Waals surface area contributed by atoms with Crippen molar-refractivity contribution in [3.05, 3.63) is 53.5 Å². The number of benzene rings is 1. The van der Waals surface area contributed by atoms with Gasteiger partial charge in [0.05, 0.1) is 29.0 Å². The zero-order chi connectivity index (χ0) is 27.6. The topological polar surface area (TPSA) is 94.4 Å². The van der Waals surface area contributed by atoms with Crippen LogP contribution in [0, 0.1) is 5.92 Å². The number of imide groups is 1. The Morgan fingerprint density at radius 1 is 0.750 bits per heavy atom. The molecule has 1 atom stereocenters. The van der Waals surface area contributed by atoms with Crippen LogP contribution in [0.4, 0.5) is 5.69 Å². The van der Waals surface area contributed by atoms with Gasteiger partial charge in [0, 0.05) is 45.3 Å². The van der Waals surface area contributed by atoms with Crippen molar-refractivity contribution in [1.29, 1.82) is 0 Å². The van der Waals surface area contributed by atoms with Gasteiger partial charge in [0.15, 0.2) is 5.76 Å². The van der Waals surface area contributed by atoms with Gasteiger partial charge in [0.25, 0.3) is 17.7 Å². The molecule has 2 aromatic rings. The minimum absolute atomic E-state index is 0.0328. The standard InChI is InChI=1S/C31H38N4O5/c36-28(32-16-18-33(19-17-32)30(38)26-14-8-20-40-26)22-9-7-15-34(21-22)25-13-6-12-24-27(25)31(39)35(29(24)37)23-10-4-2-1-3-5-11-23/h6,8,12-14,20,22-23H,1-5,7,9-11,15-19,21H2/t22-/m1/s1. The van der Waals surface area contributed by atoms with E-state index in [1.807, 2.05) is 17.0 Å². The van der Waals surface area contributed by atoms with E-state index in [-0.39, 0.29) is 35.6 Å². The molecule has 0 unspecified atom stereocenters. The average molecular weight is 547 g/mol. The van der Waals surface area contributed by atoms with Crippen molar-refractivity contribution in [1.82, 2.24) is 14.7 Å². The molecule has 4 aliphatic rings. The average Bonchev–Trinajstić information content (AvgIpc) is 3.60. The Morgan fingerprint density at radius 2 is 1.48 bits per heavy atom. The highest BCUT2D eigenvalue weighted by Crippen LogP contribution is 2.37. The summed E-state index contributed by atoms with van der Waals surface area (Å²) in [4.78, 5) is 60.6. The number of piperazine rings is 1. The molecular weight excluding hydrogens is 508 g/mol. The predicted octanol–water partition coefficient (Wildman–Crippen LogP) is 4.19. The van der Waals surface area contributed by atoms with Crippen LogP contribution in [0.3, 0.4) is 0 Å². The molecule has 2 saturated heterocycles. The predicted molar refractivity (Wildman–Crippen MR) is 149 cm³/mol. The maximum Gasteiger partial charge on any atom is 0.289 e. The van der Waals surface area contributed by atoms with Crippen molar-refractivity contribution in [2.75, 3.05) is 44.2 Å². The molecule has 1 saturated carbocycles. The molecule has 4 amide bonds. The molecule has 1 aromatic carbocycles. The van der Waals surface area contributed by atoms with E-state index in [1.165, 1.54) is 17.6 Å². The highest BCUT2D eigenvalue weighted by atomic mass is 16.3.